The molecule has 258 valence electrons. The number of carbonyl (C=O) groups is 1. The maximum atomic E-state index is 14.8. The zero-order valence-corrected chi connectivity index (χ0v) is 30.2. The minimum Gasteiger partial charge on any atom is -0.493 e. The fourth-order valence-corrected chi connectivity index (χ4v) is 7.12. The molecule has 0 radical (unpaired) electrons. The first-order chi connectivity index (χ1) is 22.8. The van der Waals surface area contributed by atoms with Gasteiger partial charge in [-0.1, -0.05) is 67.4 Å². The number of piperazine rings is 1. The Morgan fingerprint density at radius 1 is 0.958 bits per heavy atom. The third-order valence-corrected chi connectivity index (χ3v) is 10.6. The maximum Gasteiger partial charge on any atom is 0.326 e. The van der Waals surface area contributed by atoms with Crippen LogP contribution in [0.1, 0.15) is 61.5 Å². The van der Waals surface area contributed by atoms with Gasteiger partial charge in [-0.25, -0.2) is 13.2 Å². The summed E-state index contributed by atoms with van der Waals surface area (Å²) in [6, 6.07) is 19.7. The van der Waals surface area contributed by atoms with Crippen molar-refractivity contribution < 1.29 is 23.1 Å². The molecule has 5 rings (SSSR count). The predicted molar refractivity (Wildman–Crippen MR) is 192 cm³/mol. The Labute approximate surface area is 294 Å². The number of halogens is 2. The van der Waals surface area contributed by atoms with Crippen LogP contribution in [-0.2, 0) is 15.3 Å². The second-order valence-corrected chi connectivity index (χ2v) is 16.2. The molecule has 0 aromatic heterocycles. The first-order valence-corrected chi connectivity index (χ1v) is 19.1. The standard InChI is InChI=1S/C36H44Cl2N4O5S/c1-5-47-31-23-27(36(2,3)24-43)11-16-30(31)34-39-32(25-7-12-28(37)13-8-25)33(26-9-14-29(38)15-10-26)42(34)35(44)41-20-18-40(19-21-41)17-6-22-48(4,45)46/h7-16,23,32-33,43H,5-6,17-22,24H2,1-4H3/t32-,33+/m0/s1. The van der Waals surface area contributed by atoms with Gasteiger partial charge in [0.25, 0.3) is 0 Å². The molecule has 1 fully saturated rings. The highest BCUT2D eigenvalue weighted by molar-refractivity contribution is 7.90. The van der Waals surface area contributed by atoms with Crippen molar-refractivity contribution in [2.24, 2.45) is 4.99 Å². The van der Waals surface area contributed by atoms with Gasteiger partial charge in [-0.3, -0.25) is 14.8 Å². The molecule has 0 bridgehead atoms. The number of benzene rings is 3. The number of aliphatic hydroxyl groups excluding tert-OH is 1. The number of aliphatic hydroxyl groups is 1. The Bertz CT molecular complexity index is 1720. The van der Waals surface area contributed by atoms with Crippen LogP contribution in [0.4, 0.5) is 4.79 Å². The van der Waals surface area contributed by atoms with Crippen LogP contribution in [0.15, 0.2) is 71.7 Å². The molecular formula is C36H44Cl2N4O5S. The van der Waals surface area contributed by atoms with Gasteiger partial charge in [0.15, 0.2) is 0 Å². The number of hydrogen-bond donors (Lipinski definition) is 1. The Hall–Kier alpha value is -3.15. The van der Waals surface area contributed by atoms with Gasteiger partial charge in [0.05, 0.1) is 30.6 Å². The van der Waals surface area contributed by atoms with E-state index >= 15 is 0 Å². The van der Waals surface area contributed by atoms with Gasteiger partial charge < -0.3 is 14.7 Å². The van der Waals surface area contributed by atoms with Crippen LogP contribution in [0.5, 0.6) is 5.75 Å². The molecule has 1 saturated heterocycles. The second kappa shape index (κ2) is 15.2. The summed E-state index contributed by atoms with van der Waals surface area (Å²) < 4.78 is 29.5. The molecule has 9 nitrogen and oxygen atoms in total. The van der Waals surface area contributed by atoms with Crippen molar-refractivity contribution in [3.8, 4) is 5.75 Å². The molecular weight excluding hydrogens is 671 g/mol. The average Bonchev–Trinajstić information content (AvgIpc) is 3.45. The van der Waals surface area contributed by atoms with E-state index in [0.29, 0.717) is 72.9 Å². The van der Waals surface area contributed by atoms with Crippen LogP contribution in [0.25, 0.3) is 0 Å². The molecule has 2 aliphatic heterocycles. The Kier molecular flexibility index (Phi) is 11.4. The molecule has 0 saturated carbocycles. The summed E-state index contributed by atoms with van der Waals surface area (Å²) in [5, 5.41) is 11.3. The first kappa shape index (κ1) is 36.1. The van der Waals surface area contributed by atoms with Gasteiger partial charge in [-0.2, -0.15) is 0 Å². The molecule has 2 atom stereocenters. The summed E-state index contributed by atoms with van der Waals surface area (Å²) >= 11 is 12.6. The summed E-state index contributed by atoms with van der Waals surface area (Å²) in [6.07, 6.45) is 1.81. The van der Waals surface area contributed by atoms with E-state index in [1.807, 2.05) is 92.4 Å². The van der Waals surface area contributed by atoms with Crippen molar-refractivity contribution in [2.45, 2.75) is 44.7 Å². The molecule has 0 aliphatic carbocycles. The zero-order valence-electron chi connectivity index (χ0n) is 27.9. The highest BCUT2D eigenvalue weighted by Crippen LogP contribution is 2.46. The number of rotatable bonds is 11. The van der Waals surface area contributed by atoms with Crippen LogP contribution in [0.2, 0.25) is 10.0 Å². The molecule has 12 heteroatoms. The van der Waals surface area contributed by atoms with E-state index in [-0.39, 0.29) is 18.4 Å². The number of ether oxygens (including phenoxy) is 1. The van der Waals surface area contributed by atoms with Crippen LogP contribution in [0.3, 0.4) is 0 Å². The van der Waals surface area contributed by atoms with Gasteiger partial charge in [0, 0.05) is 47.9 Å². The number of hydrogen-bond acceptors (Lipinski definition) is 7. The van der Waals surface area contributed by atoms with Crippen molar-refractivity contribution in [2.75, 3.05) is 57.9 Å². The number of aliphatic imine (C=N–C) groups is 1. The monoisotopic (exact) mass is 714 g/mol. The van der Waals surface area contributed by atoms with Crippen molar-refractivity contribution >= 4 is 44.9 Å². The largest absolute Gasteiger partial charge is 0.493 e. The highest BCUT2D eigenvalue weighted by Gasteiger charge is 2.45. The van der Waals surface area contributed by atoms with Crippen molar-refractivity contribution in [1.82, 2.24) is 14.7 Å². The third kappa shape index (κ3) is 8.34. The van der Waals surface area contributed by atoms with Crippen molar-refractivity contribution in [3.05, 3.63) is 99.0 Å². The first-order valence-electron chi connectivity index (χ1n) is 16.3. The van der Waals surface area contributed by atoms with Crippen LogP contribution >= 0.6 is 23.2 Å². The lowest BCUT2D eigenvalue weighted by atomic mass is 9.85. The van der Waals surface area contributed by atoms with Gasteiger partial charge in [0.2, 0.25) is 0 Å². The predicted octanol–water partition coefficient (Wildman–Crippen LogP) is 6.38. The van der Waals surface area contributed by atoms with E-state index in [2.05, 4.69) is 4.90 Å². The Morgan fingerprint density at radius 3 is 2.12 bits per heavy atom. The number of sulfone groups is 1. The molecule has 48 heavy (non-hydrogen) atoms. The molecule has 0 spiro atoms. The summed E-state index contributed by atoms with van der Waals surface area (Å²) in [5.41, 5.74) is 2.86. The van der Waals surface area contributed by atoms with E-state index in [4.69, 9.17) is 32.9 Å². The smallest absolute Gasteiger partial charge is 0.326 e. The number of urea groups is 1. The van der Waals surface area contributed by atoms with Gasteiger partial charge in [-0.15, -0.1) is 0 Å². The van der Waals surface area contributed by atoms with Gasteiger partial charge >= 0.3 is 6.03 Å². The van der Waals surface area contributed by atoms with Crippen LogP contribution in [-0.4, -0.2) is 98.0 Å². The lowest BCUT2D eigenvalue weighted by molar-refractivity contribution is 0.119. The van der Waals surface area contributed by atoms with E-state index in [1.165, 1.54) is 6.26 Å². The normalized spacial score (nSPS) is 19.0. The summed E-state index contributed by atoms with van der Waals surface area (Å²) in [7, 11) is -3.03. The van der Waals surface area contributed by atoms with Crippen molar-refractivity contribution in [1.29, 1.82) is 0 Å². The maximum absolute atomic E-state index is 14.8. The van der Waals surface area contributed by atoms with Crippen LogP contribution < -0.4 is 4.74 Å². The second-order valence-electron chi connectivity index (χ2n) is 13.1. The summed E-state index contributed by atoms with van der Waals surface area (Å²) in [6.45, 7) is 9.12. The summed E-state index contributed by atoms with van der Waals surface area (Å²) in [5.74, 6) is 1.22. The molecule has 1 N–H and O–H groups in total. The molecule has 3 aromatic rings. The third-order valence-electron chi connectivity index (χ3n) is 9.03. The van der Waals surface area contributed by atoms with Crippen LogP contribution in [0, 0.1) is 0 Å². The molecule has 2 amide bonds. The Balaban J connectivity index is 1.57. The quantitative estimate of drug-likeness (QED) is 0.247. The van der Waals surface area contributed by atoms with Gasteiger partial charge in [-0.05, 0) is 73.0 Å². The highest BCUT2D eigenvalue weighted by atomic mass is 35.5. The lowest BCUT2D eigenvalue weighted by Gasteiger charge is -2.39. The van der Waals surface area contributed by atoms with Gasteiger partial charge in [0.1, 0.15) is 27.5 Å². The number of amidine groups is 1. The zero-order chi connectivity index (χ0) is 34.6. The van der Waals surface area contributed by atoms with E-state index in [1.54, 1.807) is 4.90 Å². The number of amides is 2. The SMILES string of the molecule is CCOc1cc(C(C)(C)CO)ccc1C1=N[C@@H](c2ccc(Cl)cc2)[C@@H](c2ccc(Cl)cc2)N1C(=O)N1CCN(CCCS(C)(=O)=O)CC1. The van der Waals surface area contributed by atoms with E-state index in [0.717, 1.165) is 16.7 Å². The van der Waals surface area contributed by atoms with Crippen molar-refractivity contribution in [3.63, 3.8) is 0 Å². The average molecular weight is 716 g/mol. The molecule has 2 heterocycles. The Morgan fingerprint density at radius 2 is 1.56 bits per heavy atom. The minimum atomic E-state index is -3.03. The molecule has 2 aliphatic rings. The number of carbonyl (C=O) groups excluding carboxylic acids is 1. The minimum absolute atomic E-state index is 0.0407. The lowest BCUT2D eigenvalue weighted by Crippen LogP contribution is -2.54. The van der Waals surface area contributed by atoms with E-state index < -0.39 is 27.3 Å². The van der Waals surface area contributed by atoms with E-state index in [9.17, 15) is 18.3 Å². The molecule has 3 aromatic carbocycles. The molecule has 0 unspecified atom stereocenters. The topological polar surface area (TPSA) is 103 Å². The fraction of sp³-hybridized carbons (Fsp3) is 0.444. The summed E-state index contributed by atoms with van der Waals surface area (Å²) in [4.78, 5) is 25.9. The number of nitrogens with zero attached hydrogens (tertiary/aromatic N) is 4. The fourth-order valence-electron chi connectivity index (χ4n) is 6.21.